The van der Waals surface area contributed by atoms with Crippen molar-refractivity contribution < 1.29 is 37.0 Å². The third-order valence-electron chi connectivity index (χ3n) is 3.89. The minimum atomic E-state index is -4.68. The number of anilines is 1. The molecule has 160 valence electrons. The van der Waals surface area contributed by atoms with E-state index in [9.17, 15) is 27.6 Å². The van der Waals surface area contributed by atoms with Crippen LogP contribution in [0, 0.1) is 0 Å². The highest BCUT2D eigenvalue weighted by Crippen LogP contribution is 2.36. The lowest BCUT2D eigenvalue weighted by Gasteiger charge is -2.13. The lowest BCUT2D eigenvalue weighted by molar-refractivity contribution is -0.142. The zero-order chi connectivity index (χ0) is 22.3. The number of methoxy groups -OCH3 is 1. The molecule has 0 spiro atoms. The number of carbonyl (C=O) groups is 3. The molecule has 0 fully saturated rings. The van der Waals surface area contributed by atoms with Crippen molar-refractivity contribution in [1.29, 1.82) is 0 Å². The zero-order valence-electron chi connectivity index (χ0n) is 15.7. The number of ketones is 1. The smallest absolute Gasteiger partial charge is 0.417 e. The van der Waals surface area contributed by atoms with Crippen LogP contribution in [0.2, 0.25) is 5.02 Å². The minimum Gasteiger partial charge on any atom is -0.485 e. The number of esters is 1. The summed E-state index contributed by atoms with van der Waals surface area (Å²) in [5, 5.41) is 1.86. The van der Waals surface area contributed by atoms with Crippen molar-refractivity contribution in [2.24, 2.45) is 0 Å². The Labute approximate surface area is 174 Å². The summed E-state index contributed by atoms with van der Waals surface area (Å²) in [7, 11) is 1.20. The molecule has 1 amide bonds. The van der Waals surface area contributed by atoms with Crippen LogP contribution in [0.5, 0.6) is 5.75 Å². The molecule has 2 aromatic rings. The van der Waals surface area contributed by atoms with Gasteiger partial charge in [0.1, 0.15) is 12.4 Å². The van der Waals surface area contributed by atoms with Crippen LogP contribution in [-0.4, -0.2) is 31.4 Å². The van der Waals surface area contributed by atoms with Gasteiger partial charge in [-0.3, -0.25) is 14.4 Å². The van der Waals surface area contributed by atoms with E-state index in [4.69, 9.17) is 16.3 Å². The SMILES string of the molecule is COC(=O)CCC(=O)COc1ccccc1C(=O)Nc1ccc(Cl)c(C(F)(F)F)c1. The third kappa shape index (κ3) is 6.48. The molecule has 2 rings (SSSR count). The van der Waals surface area contributed by atoms with E-state index in [1.54, 1.807) is 6.07 Å². The normalized spacial score (nSPS) is 11.0. The van der Waals surface area contributed by atoms with Crippen LogP contribution in [0.15, 0.2) is 42.5 Å². The number of para-hydroxylation sites is 1. The molecule has 30 heavy (non-hydrogen) atoms. The summed E-state index contributed by atoms with van der Waals surface area (Å²) >= 11 is 5.57. The van der Waals surface area contributed by atoms with Gasteiger partial charge in [0.15, 0.2) is 5.78 Å². The number of nitrogens with one attached hydrogen (secondary N) is 1. The maximum atomic E-state index is 13.0. The minimum absolute atomic E-state index is 0.0155. The Morgan fingerprint density at radius 3 is 2.43 bits per heavy atom. The molecule has 0 unspecified atom stereocenters. The molecule has 6 nitrogen and oxygen atoms in total. The first-order chi connectivity index (χ1) is 14.1. The summed E-state index contributed by atoms with van der Waals surface area (Å²) in [4.78, 5) is 35.4. The average molecular weight is 444 g/mol. The Kier molecular flexibility index (Phi) is 7.82. The lowest BCUT2D eigenvalue weighted by Crippen LogP contribution is -2.17. The Morgan fingerprint density at radius 1 is 1.07 bits per heavy atom. The second kappa shape index (κ2) is 10.1. The van der Waals surface area contributed by atoms with Gasteiger partial charge in [0.05, 0.1) is 29.7 Å². The van der Waals surface area contributed by atoms with Gasteiger partial charge in [0, 0.05) is 12.1 Å². The maximum Gasteiger partial charge on any atom is 0.417 e. The fourth-order valence-electron chi connectivity index (χ4n) is 2.37. The molecule has 10 heteroatoms. The second-order valence-corrected chi connectivity index (χ2v) is 6.45. The molecule has 0 bridgehead atoms. The van der Waals surface area contributed by atoms with Gasteiger partial charge in [-0.1, -0.05) is 23.7 Å². The predicted molar refractivity (Wildman–Crippen MR) is 103 cm³/mol. The van der Waals surface area contributed by atoms with Gasteiger partial charge in [0.25, 0.3) is 5.91 Å². The monoisotopic (exact) mass is 443 g/mol. The quantitative estimate of drug-likeness (QED) is 0.607. The van der Waals surface area contributed by atoms with E-state index in [0.717, 1.165) is 12.1 Å². The van der Waals surface area contributed by atoms with Crippen molar-refractivity contribution >= 4 is 34.9 Å². The van der Waals surface area contributed by atoms with Crippen molar-refractivity contribution in [3.8, 4) is 5.75 Å². The summed E-state index contributed by atoms with van der Waals surface area (Å²) in [6.07, 6.45) is -4.87. The van der Waals surface area contributed by atoms with E-state index in [2.05, 4.69) is 10.1 Å². The van der Waals surface area contributed by atoms with E-state index >= 15 is 0 Å². The topological polar surface area (TPSA) is 81.7 Å². The van der Waals surface area contributed by atoms with Crippen LogP contribution in [0.3, 0.4) is 0 Å². The van der Waals surface area contributed by atoms with Crippen LogP contribution in [0.1, 0.15) is 28.8 Å². The van der Waals surface area contributed by atoms with Gasteiger partial charge >= 0.3 is 12.1 Å². The number of amides is 1. The molecule has 0 saturated carbocycles. The summed E-state index contributed by atoms with van der Waals surface area (Å²) < 4.78 is 48.8. The number of alkyl halides is 3. The number of carbonyl (C=O) groups excluding carboxylic acids is 3. The standard InChI is InChI=1S/C20H17ClF3NO5/c1-29-18(27)9-7-13(26)11-30-17-5-3-2-4-14(17)19(28)25-12-6-8-16(21)15(10-12)20(22,23)24/h2-6,8,10H,7,9,11H2,1H3,(H,25,28). The molecule has 2 aromatic carbocycles. The Hall–Kier alpha value is -3.07. The highest BCUT2D eigenvalue weighted by atomic mass is 35.5. The largest absolute Gasteiger partial charge is 0.485 e. The van der Waals surface area contributed by atoms with Crippen LogP contribution >= 0.6 is 11.6 Å². The first kappa shape index (κ1) is 23.2. The number of hydrogen-bond acceptors (Lipinski definition) is 5. The summed E-state index contributed by atoms with van der Waals surface area (Å²) in [6.45, 7) is -0.388. The molecule has 0 aliphatic rings. The highest BCUT2D eigenvalue weighted by Gasteiger charge is 2.33. The fourth-order valence-corrected chi connectivity index (χ4v) is 2.60. The molecule has 0 atom stereocenters. The molecule has 0 saturated heterocycles. The number of rotatable bonds is 8. The molecule has 0 radical (unpaired) electrons. The van der Waals surface area contributed by atoms with Crippen molar-refractivity contribution in [2.75, 3.05) is 19.0 Å². The highest BCUT2D eigenvalue weighted by molar-refractivity contribution is 6.31. The molecule has 0 aliphatic heterocycles. The maximum absolute atomic E-state index is 13.0. The van der Waals surface area contributed by atoms with E-state index in [1.807, 2.05) is 0 Å². The van der Waals surface area contributed by atoms with Crippen molar-refractivity contribution in [3.05, 3.63) is 58.6 Å². The first-order valence-electron chi connectivity index (χ1n) is 8.60. The Bertz CT molecular complexity index is 946. The Balaban J connectivity index is 2.09. The Morgan fingerprint density at radius 2 is 1.77 bits per heavy atom. The summed E-state index contributed by atoms with van der Waals surface area (Å²) in [6, 6.07) is 8.91. The van der Waals surface area contributed by atoms with Gasteiger partial charge in [-0.05, 0) is 30.3 Å². The van der Waals surface area contributed by atoms with Crippen LogP contribution in [0.25, 0.3) is 0 Å². The number of hydrogen-bond donors (Lipinski definition) is 1. The molecule has 0 aromatic heterocycles. The number of ether oxygens (including phenoxy) is 2. The van der Waals surface area contributed by atoms with Crippen LogP contribution in [-0.2, 0) is 20.5 Å². The summed E-state index contributed by atoms with van der Waals surface area (Å²) in [5.74, 6) is -1.60. The molecule has 0 heterocycles. The van der Waals surface area contributed by atoms with Crippen LogP contribution in [0.4, 0.5) is 18.9 Å². The number of benzene rings is 2. The van der Waals surface area contributed by atoms with Gasteiger partial charge in [-0.15, -0.1) is 0 Å². The second-order valence-electron chi connectivity index (χ2n) is 6.05. The predicted octanol–water partition coefficient (Wildman–Crippen LogP) is 4.51. The molecular weight excluding hydrogens is 427 g/mol. The number of Topliss-reactive ketones (excluding diaryl/α,β-unsaturated/α-hetero) is 1. The fraction of sp³-hybridized carbons (Fsp3) is 0.250. The molecule has 1 N–H and O–H groups in total. The van der Waals surface area contributed by atoms with Gasteiger partial charge in [-0.25, -0.2) is 0 Å². The molecule has 0 aliphatic carbocycles. The van der Waals surface area contributed by atoms with Crippen LogP contribution < -0.4 is 10.1 Å². The van der Waals surface area contributed by atoms with E-state index in [1.165, 1.54) is 31.4 Å². The summed E-state index contributed by atoms with van der Waals surface area (Å²) in [5.41, 5.74) is -1.18. The number of halogens is 4. The van der Waals surface area contributed by atoms with Crippen molar-refractivity contribution in [3.63, 3.8) is 0 Å². The zero-order valence-corrected chi connectivity index (χ0v) is 16.5. The molecular formula is C20H17ClF3NO5. The van der Waals surface area contributed by atoms with E-state index in [-0.39, 0.29) is 42.2 Å². The lowest BCUT2D eigenvalue weighted by atomic mass is 10.1. The van der Waals surface area contributed by atoms with Gasteiger partial charge in [0.2, 0.25) is 0 Å². The third-order valence-corrected chi connectivity index (χ3v) is 4.22. The van der Waals surface area contributed by atoms with Crippen molar-refractivity contribution in [1.82, 2.24) is 0 Å². The van der Waals surface area contributed by atoms with E-state index < -0.39 is 28.6 Å². The van der Waals surface area contributed by atoms with Gasteiger partial charge in [-0.2, -0.15) is 13.2 Å². The first-order valence-corrected chi connectivity index (χ1v) is 8.98. The average Bonchev–Trinajstić information content (AvgIpc) is 2.71. The van der Waals surface area contributed by atoms with E-state index in [0.29, 0.717) is 0 Å². The van der Waals surface area contributed by atoms with Crippen molar-refractivity contribution in [2.45, 2.75) is 19.0 Å². The van der Waals surface area contributed by atoms with Gasteiger partial charge < -0.3 is 14.8 Å².